The van der Waals surface area contributed by atoms with Crippen LogP contribution in [0.5, 0.6) is 0 Å². The fraction of sp³-hybridized carbons (Fsp3) is 0.647. The standard InChI is InChI=1S/C17H27BrN2/c1-4-9-19-12-14-6-7-15(16(18)11-14)13-20-10-5-8-17(20,2)3/h6-7,11,19H,4-5,8-10,12-13H2,1-3H3. The molecule has 1 aliphatic heterocycles. The number of rotatable bonds is 6. The van der Waals surface area contributed by atoms with Gasteiger partial charge in [0, 0.05) is 23.1 Å². The predicted octanol–water partition coefficient (Wildman–Crippen LogP) is 4.32. The summed E-state index contributed by atoms with van der Waals surface area (Å²) in [5, 5.41) is 3.45. The normalized spacial score (nSPS) is 18.6. The molecule has 1 saturated heterocycles. The van der Waals surface area contributed by atoms with E-state index in [-0.39, 0.29) is 0 Å². The van der Waals surface area contributed by atoms with Gasteiger partial charge in [-0.25, -0.2) is 0 Å². The highest BCUT2D eigenvalue weighted by atomic mass is 79.9. The summed E-state index contributed by atoms with van der Waals surface area (Å²) >= 11 is 3.75. The highest BCUT2D eigenvalue weighted by molar-refractivity contribution is 9.10. The minimum absolute atomic E-state index is 0.348. The largest absolute Gasteiger partial charge is 0.313 e. The molecule has 0 saturated carbocycles. The molecule has 1 aromatic carbocycles. The number of benzene rings is 1. The maximum Gasteiger partial charge on any atom is 0.0250 e. The molecule has 1 fully saturated rings. The Bertz CT molecular complexity index is 443. The number of hydrogen-bond donors (Lipinski definition) is 1. The highest BCUT2D eigenvalue weighted by Gasteiger charge is 2.31. The van der Waals surface area contributed by atoms with Crippen molar-refractivity contribution in [1.82, 2.24) is 10.2 Å². The molecule has 2 rings (SSSR count). The number of likely N-dealkylation sites (tertiary alicyclic amines) is 1. The summed E-state index contributed by atoms with van der Waals surface area (Å²) in [5.74, 6) is 0. The van der Waals surface area contributed by atoms with Crippen molar-refractivity contribution in [3.63, 3.8) is 0 Å². The van der Waals surface area contributed by atoms with Crippen LogP contribution in [0.15, 0.2) is 22.7 Å². The van der Waals surface area contributed by atoms with Crippen molar-refractivity contribution < 1.29 is 0 Å². The Morgan fingerprint density at radius 1 is 1.35 bits per heavy atom. The Labute approximate surface area is 132 Å². The Morgan fingerprint density at radius 3 is 2.75 bits per heavy atom. The molecule has 1 N–H and O–H groups in total. The molecule has 20 heavy (non-hydrogen) atoms. The van der Waals surface area contributed by atoms with Gasteiger partial charge in [0.15, 0.2) is 0 Å². The minimum atomic E-state index is 0.348. The van der Waals surface area contributed by atoms with Crippen LogP contribution in [0.4, 0.5) is 0 Å². The molecule has 2 nitrogen and oxygen atoms in total. The molecule has 1 heterocycles. The lowest BCUT2D eigenvalue weighted by Crippen LogP contribution is -2.37. The van der Waals surface area contributed by atoms with Crippen LogP contribution in [0.25, 0.3) is 0 Å². The minimum Gasteiger partial charge on any atom is -0.313 e. The van der Waals surface area contributed by atoms with Crippen LogP contribution in [0.2, 0.25) is 0 Å². The number of halogens is 1. The van der Waals surface area contributed by atoms with Crippen LogP contribution in [0, 0.1) is 0 Å². The van der Waals surface area contributed by atoms with Crippen LogP contribution in [-0.2, 0) is 13.1 Å². The fourth-order valence-corrected chi connectivity index (χ4v) is 3.45. The summed E-state index contributed by atoms with van der Waals surface area (Å²) in [7, 11) is 0. The molecule has 0 atom stereocenters. The first-order valence-corrected chi connectivity index (χ1v) is 8.55. The summed E-state index contributed by atoms with van der Waals surface area (Å²) in [6.07, 6.45) is 3.82. The van der Waals surface area contributed by atoms with Gasteiger partial charge >= 0.3 is 0 Å². The van der Waals surface area contributed by atoms with E-state index in [1.54, 1.807) is 0 Å². The van der Waals surface area contributed by atoms with E-state index < -0.39 is 0 Å². The second kappa shape index (κ2) is 7.06. The molecule has 1 aromatic rings. The van der Waals surface area contributed by atoms with Gasteiger partial charge in [0.2, 0.25) is 0 Å². The first-order chi connectivity index (χ1) is 9.53. The summed E-state index contributed by atoms with van der Waals surface area (Å²) in [5.41, 5.74) is 3.11. The highest BCUT2D eigenvalue weighted by Crippen LogP contribution is 2.31. The van der Waals surface area contributed by atoms with Crippen LogP contribution in [-0.4, -0.2) is 23.5 Å². The van der Waals surface area contributed by atoms with Gasteiger partial charge in [-0.1, -0.05) is 35.0 Å². The van der Waals surface area contributed by atoms with Gasteiger partial charge in [-0.15, -0.1) is 0 Å². The first-order valence-electron chi connectivity index (χ1n) is 7.76. The molecule has 0 bridgehead atoms. The predicted molar refractivity (Wildman–Crippen MR) is 89.9 cm³/mol. The van der Waals surface area contributed by atoms with Crippen LogP contribution < -0.4 is 5.32 Å². The van der Waals surface area contributed by atoms with Gasteiger partial charge in [0.25, 0.3) is 0 Å². The van der Waals surface area contributed by atoms with Crippen molar-refractivity contribution in [2.45, 2.75) is 58.7 Å². The molecule has 0 unspecified atom stereocenters. The summed E-state index contributed by atoms with van der Waals surface area (Å²) in [6.45, 7) is 11.2. The molecule has 0 aromatic heterocycles. The Kier molecular flexibility index (Phi) is 5.65. The van der Waals surface area contributed by atoms with Gasteiger partial charge < -0.3 is 5.32 Å². The van der Waals surface area contributed by atoms with Crippen LogP contribution >= 0.6 is 15.9 Å². The Hall–Kier alpha value is -0.380. The zero-order chi connectivity index (χ0) is 14.6. The van der Waals surface area contributed by atoms with Crippen molar-refractivity contribution in [2.24, 2.45) is 0 Å². The fourth-order valence-electron chi connectivity index (χ4n) is 2.90. The molecule has 112 valence electrons. The second-order valence-corrected chi connectivity index (χ2v) is 7.29. The van der Waals surface area contributed by atoms with Crippen molar-refractivity contribution in [1.29, 1.82) is 0 Å². The Morgan fingerprint density at radius 2 is 2.15 bits per heavy atom. The maximum absolute atomic E-state index is 3.75. The second-order valence-electron chi connectivity index (χ2n) is 6.44. The van der Waals surface area contributed by atoms with E-state index >= 15 is 0 Å². The smallest absolute Gasteiger partial charge is 0.0250 e. The van der Waals surface area contributed by atoms with Gasteiger partial charge in [0.1, 0.15) is 0 Å². The maximum atomic E-state index is 3.75. The average molecular weight is 339 g/mol. The van der Waals surface area contributed by atoms with Crippen molar-refractivity contribution in [3.8, 4) is 0 Å². The lowest BCUT2D eigenvalue weighted by Gasteiger charge is -2.31. The number of nitrogens with zero attached hydrogens (tertiary/aromatic N) is 1. The molecule has 0 aliphatic carbocycles. The summed E-state index contributed by atoms with van der Waals surface area (Å²) < 4.78 is 1.25. The van der Waals surface area contributed by atoms with Crippen molar-refractivity contribution in [3.05, 3.63) is 33.8 Å². The lowest BCUT2D eigenvalue weighted by atomic mass is 10.0. The molecule has 0 spiro atoms. The number of hydrogen-bond acceptors (Lipinski definition) is 2. The van der Waals surface area contributed by atoms with E-state index in [9.17, 15) is 0 Å². The molecule has 3 heteroatoms. The van der Waals surface area contributed by atoms with Gasteiger partial charge in [0.05, 0.1) is 0 Å². The van der Waals surface area contributed by atoms with E-state index in [0.29, 0.717) is 5.54 Å². The SMILES string of the molecule is CCCNCc1ccc(CN2CCCC2(C)C)c(Br)c1. The van der Waals surface area contributed by atoms with Gasteiger partial charge in [-0.3, -0.25) is 4.90 Å². The van der Waals surface area contributed by atoms with E-state index in [1.165, 1.54) is 41.4 Å². The third kappa shape index (κ3) is 4.06. The molecular formula is C17H27BrN2. The summed E-state index contributed by atoms with van der Waals surface area (Å²) in [6, 6.07) is 6.80. The number of nitrogens with one attached hydrogen (secondary N) is 1. The first kappa shape index (κ1) is 16.0. The molecule has 0 radical (unpaired) electrons. The monoisotopic (exact) mass is 338 g/mol. The third-order valence-electron chi connectivity index (χ3n) is 4.31. The zero-order valence-electron chi connectivity index (χ0n) is 13.0. The van der Waals surface area contributed by atoms with Crippen molar-refractivity contribution >= 4 is 15.9 Å². The van der Waals surface area contributed by atoms with Crippen molar-refractivity contribution in [2.75, 3.05) is 13.1 Å². The average Bonchev–Trinajstić information content (AvgIpc) is 2.72. The quantitative estimate of drug-likeness (QED) is 0.777. The van der Waals surface area contributed by atoms with E-state index in [4.69, 9.17) is 0 Å². The molecular weight excluding hydrogens is 312 g/mol. The zero-order valence-corrected chi connectivity index (χ0v) is 14.6. The van der Waals surface area contributed by atoms with Crippen LogP contribution in [0.1, 0.15) is 51.2 Å². The Balaban J connectivity index is 1.99. The van der Waals surface area contributed by atoms with Gasteiger partial charge in [-0.05, 0) is 63.4 Å². The van der Waals surface area contributed by atoms with E-state index in [0.717, 1.165) is 19.6 Å². The van der Waals surface area contributed by atoms with Crippen LogP contribution in [0.3, 0.4) is 0 Å². The topological polar surface area (TPSA) is 15.3 Å². The van der Waals surface area contributed by atoms with Gasteiger partial charge in [-0.2, -0.15) is 0 Å². The summed E-state index contributed by atoms with van der Waals surface area (Å²) in [4.78, 5) is 2.60. The third-order valence-corrected chi connectivity index (χ3v) is 5.05. The molecule has 1 aliphatic rings. The van der Waals surface area contributed by atoms with E-state index in [2.05, 4.69) is 65.1 Å². The molecule has 0 amide bonds. The van der Waals surface area contributed by atoms with E-state index in [1.807, 2.05) is 0 Å². The lowest BCUT2D eigenvalue weighted by molar-refractivity contribution is 0.166.